The Morgan fingerprint density at radius 2 is 0.943 bits per heavy atom. The van der Waals surface area contributed by atoms with Crippen LogP contribution in [0.4, 0.5) is 0 Å². The van der Waals surface area contributed by atoms with Gasteiger partial charge in [0, 0.05) is 89.4 Å². The molecule has 17 rings (SSSR count). The summed E-state index contributed by atoms with van der Waals surface area (Å²) in [5, 5.41) is 90.7. The summed E-state index contributed by atoms with van der Waals surface area (Å²) in [5.41, 5.74) is 16.8. The van der Waals surface area contributed by atoms with Crippen LogP contribution in [0.5, 0.6) is 5.75 Å². The van der Waals surface area contributed by atoms with Crippen molar-refractivity contribution in [3.63, 3.8) is 0 Å². The number of nitrogens with one attached hydrogen (secondary N) is 2. The number of aromatic carboxylic acids is 2. The zero-order valence-corrected chi connectivity index (χ0v) is 66.7. The first kappa shape index (κ1) is 85.5. The Kier molecular flexibility index (Phi) is 26.6. The van der Waals surface area contributed by atoms with Crippen LogP contribution in [0.15, 0.2) is 253 Å². The van der Waals surface area contributed by atoms with Crippen LogP contribution < -0.4 is 5.56 Å². The van der Waals surface area contributed by atoms with Crippen molar-refractivity contribution in [1.29, 1.82) is 42.6 Å². The molecule has 26 heteroatoms. The average Bonchev–Trinajstić information content (AvgIpc) is 1.74. The van der Waals surface area contributed by atoms with E-state index in [0.717, 1.165) is 83.4 Å². The van der Waals surface area contributed by atoms with Gasteiger partial charge in [0.25, 0.3) is 5.56 Å². The van der Waals surface area contributed by atoms with Crippen LogP contribution in [-0.2, 0) is 0 Å². The predicted octanol–water partition coefficient (Wildman–Crippen LogP) is 21.3. The van der Waals surface area contributed by atoms with Crippen LogP contribution in [0.25, 0.3) is 114 Å². The monoisotopic (exact) mass is 1630 g/mol. The average molecular weight is 1630 g/mol. The third-order valence-electron chi connectivity index (χ3n) is 19.7. The molecule has 0 radical (unpaired) electrons. The molecule has 0 aliphatic heterocycles. The van der Waals surface area contributed by atoms with E-state index in [0.29, 0.717) is 102 Å². The molecule has 5 N–H and O–H groups in total. The molecule has 0 saturated carbocycles. The van der Waals surface area contributed by atoms with E-state index in [1.165, 1.54) is 54.9 Å². The number of phenols is 1. The molecule has 0 fully saturated rings. The SMILES string of the molecule is CC.CC1=C(C#N)c2ncc(C#N)c(C)c2/C1=C/c1ccc(-c2ccc(C(=O)O)c(Cl)c2)o1.CC1=C(C#N)c2ncc(C#N)c(C)c2/C1=C/c1ccc(-c2ccccc2)o1.Cc1ccc2[nH]c(=O)c(C(=O)/C=C/c3nc4ccccc4[nH]3)c(-c3ccccc3)c2c1.N#N.N#N.O=C(O)c1cc(-c2ccc(C=C3C(=O)c4ccccc4C3=O)o2)ccc1O. The molecule has 14 aromatic rings. The Bertz CT molecular complexity index is 7000. The lowest BCUT2D eigenvalue weighted by Crippen LogP contribution is -2.18. The molecule has 7 aromatic heterocycles. The molecule has 3 aliphatic rings. The summed E-state index contributed by atoms with van der Waals surface area (Å²) in [6.45, 7) is 13.4. The van der Waals surface area contributed by atoms with Crippen LogP contribution >= 0.6 is 11.6 Å². The number of rotatable bonds is 12. The number of carbonyl (C=O) groups is 5. The normalized spacial score (nSPS) is 12.5. The minimum atomic E-state index is -1.26. The minimum absolute atomic E-state index is 0.0166. The molecule has 0 amide bonds. The summed E-state index contributed by atoms with van der Waals surface area (Å²) in [6.07, 6.45) is 11.1. The molecular formula is C96H66ClN13O12. The van der Waals surface area contributed by atoms with E-state index >= 15 is 0 Å². The fourth-order valence-electron chi connectivity index (χ4n) is 13.8. The third-order valence-corrected chi connectivity index (χ3v) is 20.0. The number of nitriles is 4. The largest absolute Gasteiger partial charge is 0.507 e. The van der Waals surface area contributed by atoms with Gasteiger partial charge in [0.1, 0.15) is 76.0 Å². The highest BCUT2D eigenvalue weighted by Crippen LogP contribution is 2.46. The molecule has 0 bridgehead atoms. The molecule has 3 aliphatic carbocycles. The lowest BCUT2D eigenvalue weighted by Gasteiger charge is -2.12. The molecule has 0 spiro atoms. The van der Waals surface area contributed by atoms with E-state index in [2.05, 4.69) is 49.2 Å². The Hall–Kier alpha value is -17.4. The van der Waals surface area contributed by atoms with Gasteiger partial charge in [-0.3, -0.25) is 29.1 Å². The Morgan fingerprint density at radius 1 is 0.475 bits per heavy atom. The van der Waals surface area contributed by atoms with Crippen molar-refractivity contribution in [2.24, 2.45) is 0 Å². The number of H-pyrrole nitrogens is 2. The van der Waals surface area contributed by atoms with Crippen LogP contribution in [0.2, 0.25) is 5.02 Å². The van der Waals surface area contributed by atoms with Gasteiger partial charge in [0.05, 0.1) is 66.4 Å². The first-order valence-electron chi connectivity index (χ1n) is 37.2. The molecule has 594 valence electrons. The van der Waals surface area contributed by atoms with E-state index in [1.54, 1.807) is 60.7 Å². The van der Waals surface area contributed by atoms with Gasteiger partial charge < -0.3 is 38.5 Å². The topological polar surface area (TPSA) is 463 Å². The lowest BCUT2D eigenvalue weighted by molar-refractivity contribution is 0.0684. The predicted molar refractivity (Wildman–Crippen MR) is 458 cm³/mol. The highest BCUT2D eigenvalue weighted by atomic mass is 35.5. The summed E-state index contributed by atoms with van der Waals surface area (Å²) in [4.78, 5) is 92.5. The smallest absolute Gasteiger partial charge is 0.339 e. The number of pyridine rings is 3. The number of ketones is 3. The van der Waals surface area contributed by atoms with Gasteiger partial charge in [-0.15, -0.1) is 0 Å². The van der Waals surface area contributed by atoms with Crippen molar-refractivity contribution in [1.82, 2.24) is 24.9 Å². The Labute approximate surface area is 701 Å². The molecular weight excluding hydrogens is 1560 g/mol. The van der Waals surface area contributed by atoms with Crippen molar-refractivity contribution >= 4 is 109 Å². The lowest BCUT2D eigenvalue weighted by atomic mass is 9.93. The van der Waals surface area contributed by atoms with Gasteiger partial charge in [-0.25, -0.2) is 14.6 Å². The molecule has 0 atom stereocenters. The summed E-state index contributed by atoms with van der Waals surface area (Å²) >= 11 is 6.07. The van der Waals surface area contributed by atoms with Crippen molar-refractivity contribution in [2.75, 3.05) is 0 Å². The highest BCUT2D eigenvalue weighted by molar-refractivity contribution is 6.41. The Balaban J connectivity index is 0.000000156. The molecule has 0 saturated heterocycles. The number of imidazole rings is 1. The number of aryl methyl sites for hydroxylation is 1. The zero-order chi connectivity index (χ0) is 87.8. The second-order valence-corrected chi connectivity index (χ2v) is 27.2. The number of aromatic amines is 2. The van der Waals surface area contributed by atoms with E-state index in [1.807, 2.05) is 176 Å². The van der Waals surface area contributed by atoms with E-state index in [4.69, 9.17) is 56.6 Å². The first-order valence-corrected chi connectivity index (χ1v) is 37.5. The van der Waals surface area contributed by atoms with Gasteiger partial charge >= 0.3 is 11.9 Å². The quantitative estimate of drug-likeness (QED) is 0.0328. The number of aromatic hydroxyl groups is 1. The van der Waals surface area contributed by atoms with Gasteiger partial charge in [-0.1, -0.05) is 140 Å². The van der Waals surface area contributed by atoms with E-state index < -0.39 is 17.5 Å². The third kappa shape index (κ3) is 17.6. The summed E-state index contributed by atoms with van der Waals surface area (Å²) < 4.78 is 17.6. The van der Waals surface area contributed by atoms with E-state index in [-0.39, 0.29) is 50.4 Å². The fraction of sp³-hybridized carbons (Fsp3) is 0.0729. The molecule has 122 heavy (non-hydrogen) atoms. The molecule has 7 aromatic carbocycles. The zero-order valence-electron chi connectivity index (χ0n) is 65.9. The second kappa shape index (κ2) is 37.9. The number of fused-ring (bicyclic) bond motifs is 5. The second-order valence-electron chi connectivity index (χ2n) is 26.8. The van der Waals surface area contributed by atoms with Crippen molar-refractivity contribution in [2.45, 2.75) is 48.5 Å². The van der Waals surface area contributed by atoms with E-state index in [9.17, 15) is 54.9 Å². The van der Waals surface area contributed by atoms with Crippen LogP contribution in [0.3, 0.4) is 0 Å². The van der Waals surface area contributed by atoms with Crippen molar-refractivity contribution in [3.8, 4) is 75.1 Å². The number of hydrogen-bond acceptors (Lipinski definition) is 21. The highest BCUT2D eigenvalue weighted by Gasteiger charge is 2.34. The first-order chi connectivity index (χ1) is 59.0. The van der Waals surface area contributed by atoms with Crippen molar-refractivity contribution < 1.29 is 52.5 Å². The number of carboxylic acids is 2. The van der Waals surface area contributed by atoms with Gasteiger partial charge in [0.15, 0.2) is 17.3 Å². The molecule has 0 unspecified atom stereocenters. The number of halogens is 1. The van der Waals surface area contributed by atoms with Crippen molar-refractivity contribution in [3.05, 3.63) is 352 Å². The maximum Gasteiger partial charge on any atom is 0.339 e. The standard InChI is InChI=1S/C26H19N3O2.C24H14ClN3O3.C23H15N3O.C21H12O6.C2H6.2N2/c1-16-11-12-19-18(15-16)24(17-7-3-2-4-8-17)25(26(31)29-19)22(30)13-14-23-27-20-9-5-6-10-21(20)28-23;1-12-15(9-26)11-28-23-19(10-27)13(2)18(22(12)23)8-16-4-6-21(31-16)14-3-5-17(24(29)30)20(25)7-14;1-14-17(11-24)13-26-23-20(12-25)15(2)19(22(14)23)10-18-8-9-21(27-18)16-6-4-3-5-7-16;22-17-7-5-11(9-15(17)21(25)26)18-8-6-12(27-18)10-16-19(23)13-3-1-2-4-14(13)20(16)24;3*1-2/h2-15H,1H3,(H,27,28)(H,29,31);3-8,11H,1-2H3,(H,29,30);3-10,13H,1-2H3;1-10,22H,(H,25,26);1-2H3;;/b14-13+;18-8+;19-10+;;;;. The number of furan rings is 3. The van der Waals surface area contributed by atoms with Gasteiger partial charge in [-0.2, -0.15) is 21.0 Å². The number of nitrogens with zero attached hydrogens (tertiary/aromatic N) is 11. The molecule has 7 heterocycles. The summed E-state index contributed by atoms with van der Waals surface area (Å²) in [7, 11) is 0. The van der Waals surface area contributed by atoms with Crippen LogP contribution in [-0.4, -0.2) is 69.5 Å². The van der Waals surface area contributed by atoms with Gasteiger partial charge in [-0.05, 0) is 195 Å². The molecule has 25 nitrogen and oxygen atoms in total. The number of hydrogen-bond donors (Lipinski definition) is 5. The number of carboxylic acid groups (broad SMARTS) is 2. The minimum Gasteiger partial charge on any atom is -0.507 e. The number of Topliss-reactive ketones (excluding diaryl/α,β-unsaturated/α-hetero) is 2. The number of aromatic nitrogens is 5. The number of para-hydroxylation sites is 2. The fourth-order valence-corrected chi connectivity index (χ4v) is 14.1. The maximum absolute atomic E-state index is 13.2. The Morgan fingerprint density at radius 3 is 1.43 bits per heavy atom. The van der Waals surface area contributed by atoms with Gasteiger partial charge in [0.2, 0.25) is 0 Å². The van der Waals surface area contributed by atoms with Crippen LogP contribution in [0, 0.1) is 87.7 Å². The number of carbonyl (C=O) groups excluding carboxylic acids is 3. The number of allylic oxidation sites excluding steroid dienone is 8. The maximum atomic E-state index is 13.2. The van der Waals surface area contributed by atoms with Crippen LogP contribution in [0.1, 0.15) is 153 Å². The number of benzene rings is 7. The summed E-state index contributed by atoms with van der Waals surface area (Å²) in [6, 6.07) is 67.4. The summed E-state index contributed by atoms with van der Waals surface area (Å²) in [5.74, 6) is -0.0644.